The van der Waals surface area contributed by atoms with Crippen LogP contribution in [0.1, 0.15) is 24.1 Å². The molecule has 0 saturated heterocycles. The Bertz CT molecular complexity index is 1490. The van der Waals surface area contributed by atoms with E-state index in [1.807, 2.05) is 25.2 Å². The molecule has 3 heterocycles. The van der Waals surface area contributed by atoms with Gasteiger partial charge in [0.05, 0.1) is 22.9 Å². The van der Waals surface area contributed by atoms with Gasteiger partial charge in [-0.2, -0.15) is 5.10 Å². The molecule has 3 aromatic heterocycles. The summed E-state index contributed by atoms with van der Waals surface area (Å²) in [4.78, 5) is 21.9. The van der Waals surface area contributed by atoms with Gasteiger partial charge < -0.3 is 15.2 Å². The molecule has 0 aliphatic heterocycles. The maximum absolute atomic E-state index is 12.8. The number of hydrogen-bond donors (Lipinski definition) is 3. The molecule has 34 heavy (non-hydrogen) atoms. The van der Waals surface area contributed by atoms with Crippen LogP contribution in [0.3, 0.4) is 0 Å². The molecule has 1 aromatic carbocycles. The summed E-state index contributed by atoms with van der Waals surface area (Å²) >= 11 is 0. The van der Waals surface area contributed by atoms with Gasteiger partial charge in [0.1, 0.15) is 27.6 Å². The third-order valence-electron chi connectivity index (χ3n) is 6.44. The first-order valence-electron chi connectivity index (χ1n) is 11.3. The monoisotopic (exact) mass is 481 g/mol. The quantitative estimate of drug-likeness (QED) is 0.345. The van der Waals surface area contributed by atoms with E-state index in [1.165, 1.54) is 11.9 Å². The number of aromatic amines is 1. The third-order valence-corrected chi connectivity index (χ3v) is 7.48. The Balaban J connectivity index is 1.39. The lowest BCUT2D eigenvalue weighted by molar-refractivity contribution is -0.125. The number of sulfone groups is 1. The number of benzene rings is 1. The zero-order chi connectivity index (χ0) is 23.9. The molecule has 1 amide bonds. The fourth-order valence-corrected chi connectivity index (χ4v) is 5.42. The molecule has 1 aliphatic carbocycles. The van der Waals surface area contributed by atoms with Crippen molar-refractivity contribution in [3.05, 3.63) is 42.0 Å². The van der Waals surface area contributed by atoms with Crippen molar-refractivity contribution in [3.63, 3.8) is 0 Å². The molecule has 3 N–H and O–H groups in total. The van der Waals surface area contributed by atoms with Crippen LogP contribution in [-0.4, -0.2) is 57.6 Å². The van der Waals surface area contributed by atoms with E-state index in [4.69, 9.17) is 0 Å². The van der Waals surface area contributed by atoms with Gasteiger partial charge in [-0.1, -0.05) is 0 Å². The van der Waals surface area contributed by atoms with Gasteiger partial charge in [0.2, 0.25) is 5.91 Å². The maximum atomic E-state index is 12.8. The first kappa shape index (κ1) is 22.3. The van der Waals surface area contributed by atoms with Crippen LogP contribution in [0.5, 0.6) is 0 Å². The van der Waals surface area contributed by atoms with Crippen LogP contribution in [0, 0.1) is 5.92 Å². The van der Waals surface area contributed by atoms with Crippen LogP contribution >= 0.6 is 0 Å². The summed E-state index contributed by atoms with van der Waals surface area (Å²) in [5.74, 6) is 0.570. The third kappa shape index (κ3) is 4.35. The number of anilines is 2. The molecular weight excluding hydrogens is 454 g/mol. The largest absolute Gasteiger partial charge is 0.356 e. The Hall–Kier alpha value is -3.47. The smallest absolute Gasteiger partial charge is 0.223 e. The van der Waals surface area contributed by atoms with Crippen LogP contribution in [0.4, 0.5) is 11.5 Å². The van der Waals surface area contributed by atoms with Crippen LogP contribution in [0.15, 0.2) is 30.7 Å². The zero-order valence-electron chi connectivity index (χ0n) is 19.1. The number of fused-ring (bicyclic) bond motifs is 4. The van der Waals surface area contributed by atoms with Gasteiger partial charge in [-0.15, -0.1) is 0 Å². The van der Waals surface area contributed by atoms with Crippen LogP contribution in [0.2, 0.25) is 0 Å². The number of aromatic nitrogens is 5. The number of H-pyrrole nitrogens is 1. The topological polar surface area (TPSA) is 135 Å². The fourth-order valence-electron chi connectivity index (χ4n) is 4.75. The molecule has 0 radical (unpaired) electrons. The van der Waals surface area contributed by atoms with E-state index < -0.39 is 9.84 Å². The Kier molecular flexibility index (Phi) is 5.72. The van der Waals surface area contributed by atoms with Crippen LogP contribution < -0.4 is 10.6 Å². The molecule has 0 saturated carbocycles. The molecule has 1 aliphatic rings. The second-order valence-corrected chi connectivity index (χ2v) is 11.2. The fraction of sp³-hybridized carbons (Fsp3) is 0.391. The Labute approximate surface area is 197 Å². The first-order valence-corrected chi connectivity index (χ1v) is 13.3. The van der Waals surface area contributed by atoms with Crippen molar-refractivity contribution in [2.75, 3.05) is 23.9 Å². The molecule has 1 atom stereocenters. The van der Waals surface area contributed by atoms with Gasteiger partial charge in [0.15, 0.2) is 0 Å². The molecule has 1 unspecified atom stereocenters. The molecule has 5 rings (SSSR count). The Morgan fingerprint density at radius 2 is 2.15 bits per heavy atom. The SMILES string of the molecule is Cn1c2c(c3c(Nc4ccc5[nH]ncc5c4)ncnc31)CC(C(=O)NCCCS(C)(=O)=O)CC2. The van der Waals surface area contributed by atoms with Gasteiger partial charge in [0, 0.05) is 42.5 Å². The van der Waals surface area contributed by atoms with Gasteiger partial charge in [-0.25, -0.2) is 18.4 Å². The highest BCUT2D eigenvalue weighted by Crippen LogP contribution is 2.37. The summed E-state index contributed by atoms with van der Waals surface area (Å²) in [5.41, 5.74) is 4.95. The highest BCUT2D eigenvalue weighted by atomic mass is 32.2. The van der Waals surface area contributed by atoms with Crippen LogP contribution in [-0.2, 0) is 34.5 Å². The van der Waals surface area contributed by atoms with Crippen molar-refractivity contribution in [1.82, 2.24) is 30.0 Å². The van der Waals surface area contributed by atoms with Gasteiger partial charge in [-0.3, -0.25) is 9.89 Å². The predicted octanol–water partition coefficient (Wildman–Crippen LogP) is 2.24. The number of aryl methyl sites for hydroxylation is 1. The number of rotatable bonds is 7. The number of nitrogens with zero attached hydrogens (tertiary/aromatic N) is 4. The number of nitrogens with one attached hydrogen (secondary N) is 3. The van der Waals surface area contributed by atoms with E-state index in [0.29, 0.717) is 25.2 Å². The molecule has 0 fully saturated rings. The molecule has 10 nitrogen and oxygen atoms in total. The van der Waals surface area contributed by atoms with E-state index in [2.05, 4.69) is 35.4 Å². The van der Waals surface area contributed by atoms with Crippen molar-refractivity contribution >= 4 is 49.2 Å². The van der Waals surface area contributed by atoms with Gasteiger partial charge in [-0.05, 0) is 49.4 Å². The number of carbonyl (C=O) groups is 1. The minimum absolute atomic E-state index is 0.0343. The van der Waals surface area contributed by atoms with Crippen molar-refractivity contribution in [1.29, 1.82) is 0 Å². The zero-order valence-corrected chi connectivity index (χ0v) is 19.9. The lowest BCUT2D eigenvalue weighted by atomic mass is 9.86. The normalized spacial score (nSPS) is 16.0. The number of hydrogen-bond acceptors (Lipinski definition) is 7. The average molecular weight is 482 g/mol. The number of carbonyl (C=O) groups excluding carboxylic acids is 1. The van der Waals surface area contributed by atoms with Crippen LogP contribution in [0.25, 0.3) is 21.9 Å². The second-order valence-electron chi connectivity index (χ2n) is 8.92. The lowest BCUT2D eigenvalue weighted by Crippen LogP contribution is -2.35. The minimum Gasteiger partial charge on any atom is -0.356 e. The molecule has 178 valence electrons. The highest BCUT2D eigenvalue weighted by molar-refractivity contribution is 7.90. The van der Waals surface area contributed by atoms with Crippen molar-refractivity contribution in [2.45, 2.75) is 25.7 Å². The van der Waals surface area contributed by atoms with E-state index >= 15 is 0 Å². The van der Waals surface area contributed by atoms with Crippen molar-refractivity contribution < 1.29 is 13.2 Å². The summed E-state index contributed by atoms with van der Waals surface area (Å²) < 4.78 is 24.7. The maximum Gasteiger partial charge on any atom is 0.223 e. The van der Waals surface area contributed by atoms with E-state index in [-0.39, 0.29) is 17.6 Å². The Morgan fingerprint density at radius 1 is 1.29 bits per heavy atom. The van der Waals surface area contributed by atoms with Crippen molar-refractivity contribution in [3.8, 4) is 0 Å². The molecule has 0 spiro atoms. The second kappa shape index (κ2) is 8.71. The molecule has 4 aromatic rings. The van der Waals surface area contributed by atoms with Crippen molar-refractivity contribution in [2.24, 2.45) is 13.0 Å². The lowest BCUT2D eigenvalue weighted by Gasteiger charge is -2.23. The summed E-state index contributed by atoms with van der Waals surface area (Å²) in [7, 11) is -1.03. The predicted molar refractivity (Wildman–Crippen MR) is 131 cm³/mol. The van der Waals surface area contributed by atoms with E-state index in [1.54, 1.807) is 12.5 Å². The Morgan fingerprint density at radius 3 is 2.97 bits per heavy atom. The first-order chi connectivity index (χ1) is 16.3. The number of amides is 1. The minimum atomic E-state index is -3.03. The van der Waals surface area contributed by atoms with E-state index in [0.717, 1.165) is 46.0 Å². The molecule has 0 bridgehead atoms. The summed E-state index contributed by atoms with van der Waals surface area (Å²) in [5, 5.41) is 15.3. The van der Waals surface area contributed by atoms with Gasteiger partial charge in [0.25, 0.3) is 0 Å². The highest BCUT2D eigenvalue weighted by Gasteiger charge is 2.30. The summed E-state index contributed by atoms with van der Waals surface area (Å²) in [6, 6.07) is 5.94. The average Bonchev–Trinajstić information content (AvgIpc) is 3.39. The summed E-state index contributed by atoms with van der Waals surface area (Å²) in [6.45, 7) is 0.358. The van der Waals surface area contributed by atoms with E-state index in [9.17, 15) is 13.2 Å². The molecule has 11 heteroatoms. The van der Waals surface area contributed by atoms with Gasteiger partial charge >= 0.3 is 0 Å². The standard InChI is InChI=1S/C23H27N7O3S/c1-30-19-7-4-14(23(31)24-8-3-9-34(2,32)33)11-17(19)20-21(25-13-26-22(20)30)28-16-5-6-18-15(10-16)12-27-29-18/h5-6,10,12-14H,3-4,7-9,11H2,1-2H3,(H,24,31)(H,27,29)(H,25,26,28). The summed E-state index contributed by atoms with van der Waals surface area (Å²) in [6.07, 6.45) is 7.05. The molecular formula is C23H27N7O3S.